The molecule has 0 spiro atoms. The van der Waals surface area contributed by atoms with Crippen LogP contribution in [0.5, 0.6) is 0 Å². The van der Waals surface area contributed by atoms with Crippen molar-refractivity contribution in [2.45, 2.75) is 50.5 Å². The number of nitrogen functional groups attached to an aromatic ring is 1. The van der Waals surface area contributed by atoms with E-state index in [-0.39, 0.29) is 10.9 Å². The van der Waals surface area contributed by atoms with Gasteiger partial charge in [0.25, 0.3) is 0 Å². The highest BCUT2D eigenvalue weighted by Gasteiger charge is 2.33. The zero-order chi connectivity index (χ0) is 15.6. The largest absolute Gasteiger partial charge is 0.398 e. The zero-order valence-corrected chi connectivity index (χ0v) is 13.6. The van der Waals surface area contributed by atoms with E-state index in [1.54, 1.807) is 22.5 Å². The quantitative estimate of drug-likeness (QED) is 0.672. The summed E-state index contributed by atoms with van der Waals surface area (Å²) >= 11 is 0. The van der Waals surface area contributed by atoms with Gasteiger partial charge in [0.1, 0.15) is 4.90 Å². The van der Waals surface area contributed by atoms with Gasteiger partial charge in [-0.2, -0.15) is 4.31 Å². The van der Waals surface area contributed by atoms with Crippen molar-refractivity contribution in [1.82, 2.24) is 4.31 Å². The van der Waals surface area contributed by atoms with E-state index in [1.165, 1.54) is 0 Å². The molecule has 0 radical (unpaired) electrons. The average molecular weight is 308 g/mol. The Labute approximate surface area is 127 Å². The molecule has 1 aliphatic rings. The third kappa shape index (κ3) is 3.14. The van der Waals surface area contributed by atoms with Crippen LogP contribution >= 0.6 is 0 Å². The number of nitrogens with zero attached hydrogens (tertiary/aromatic N) is 1. The van der Waals surface area contributed by atoms with Crippen molar-refractivity contribution < 1.29 is 8.42 Å². The van der Waals surface area contributed by atoms with Gasteiger partial charge < -0.3 is 5.73 Å². The second kappa shape index (κ2) is 6.20. The van der Waals surface area contributed by atoms with Crippen LogP contribution in [-0.2, 0) is 10.0 Å². The summed E-state index contributed by atoms with van der Waals surface area (Å²) in [5, 5.41) is 0. The van der Waals surface area contributed by atoms with E-state index < -0.39 is 10.0 Å². The van der Waals surface area contributed by atoms with Crippen molar-refractivity contribution in [3.63, 3.8) is 0 Å². The monoisotopic (exact) mass is 308 g/mol. The van der Waals surface area contributed by atoms with Gasteiger partial charge in [-0.3, -0.25) is 0 Å². The molecule has 0 amide bonds. The number of anilines is 1. The van der Waals surface area contributed by atoms with E-state index in [2.05, 4.69) is 6.58 Å². The maximum absolute atomic E-state index is 13.0. The number of aryl methyl sites for hydroxylation is 2. The van der Waals surface area contributed by atoms with E-state index in [9.17, 15) is 8.42 Å². The van der Waals surface area contributed by atoms with Gasteiger partial charge in [-0.1, -0.05) is 18.9 Å². The first-order valence-electron chi connectivity index (χ1n) is 7.37. The van der Waals surface area contributed by atoms with Crippen LogP contribution in [0.25, 0.3) is 0 Å². The number of hydrogen-bond donors (Lipinski definition) is 1. The van der Waals surface area contributed by atoms with Crippen LogP contribution in [-0.4, -0.2) is 25.3 Å². The van der Waals surface area contributed by atoms with Crippen LogP contribution in [0.3, 0.4) is 0 Å². The number of hydrogen-bond acceptors (Lipinski definition) is 3. The first kappa shape index (κ1) is 16.0. The van der Waals surface area contributed by atoms with Gasteiger partial charge >= 0.3 is 0 Å². The van der Waals surface area contributed by atoms with Gasteiger partial charge in [0.2, 0.25) is 10.0 Å². The highest BCUT2D eigenvalue weighted by Crippen LogP contribution is 2.31. The summed E-state index contributed by atoms with van der Waals surface area (Å²) in [6.45, 7) is 7.86. The standard InChI is InChI=1S/C16H24N2O2S/c1-4-9-18(14-7-5-6-8-14)21(19,20)16-11-13(3)12(2)10-15(16)17/h4,10-11,14H,1,5-9,17H2,2-3H3. The third-order valence-electron chi connectivity index (χ3n) is 4.25. The van der Waals surface area contributed by atoms with Crippen LogP contribution in [0.15, 0.2) is 29.7 Å². The fraction of sp³-hybridized carbons (Fsp3) is 0.500. The normalized spacial score (nSPS) is 16.5. The molecule has 2 rings (SSSR count). The lowest BCUT2D eigenvalue weighted by atomic mass is 10.1. The molecule has 1 fully saturated rings. The summed E-state index contributed by atoms with van der Waals surface area (Å²) in [6.07, 6.45) is 5.63. The van der Waals surface area contributed by atoms with Crippen molar-refractivity contribution in [2.24, 2.45) is 0 Å². The highest BCUT2D eigenvalue weighted by molar-refractivity contribution is 7.89. The molecule has 0 unspecified atom stereocenters. The highest BCUT2D eigenvalue weighted by atomic mass is 32.2. The Hall–Kier alpha value is -1.33. The minimum atomic E-state index is -3.58. The first-order valence-corrected chi connectivity index (χ1v) is 8.81. The van der Waals surface area contributed by atoms with Crippen molar-refractivity contribution >= 4 is 15.7 Å². The van der Waals surface area contributed by atoms with Gasteiger partial charge in [0.05, 0.1) is 5.69 Å². The van der Waals surface area contributed by atoms with Crippen LogP contribution in [0.4, 0.5) is 5.69 Å². The summed E-state index contributed by atoms with van der Waals surface area (Å²) in [6, 6.07) is 3.49. The minimum absolute atomic E-state index is 0.0639. The average Bonchev–Trinajstić information content (AvgIpc) is 2.93. The molecule has 0 aliphatic heterocycles. The van der Waals surface area contributed by atoms with Gasteiger partial charge in [-0.05, 0) is 49.9 Å². The maximum atomic E-state index is 13.0. The Kier molecular flexibility index (Phi) is 4.74. The molecule has 21 heavy (non-hydrogen) atoms. The Morgan fingerprint density at radius 1 is 1.29 bits per heavy atom. The second-order valence-electron chi connectivity index (χ2n) is 5.78. The maximum Gasteiger partial charge on any atom is 0.245 e. The van der Waals surface area contributed by atoms with E-state index >= 15 is 0 Å². The lowest BCUT2D eigenvalue weighted by Crippen LogP contribution is -2.39. The van der Waals surface area contributed by atoms with Crippen molar-refractivity contribution in [3.05, 3.63) is 35.9 Å². The molecule has 0 bridgehead atoms. The van der Waals surface area contributed by atoms with Crippen LogP contribution in [0.1, 0.15) is 36.8 Å². The van der Waals surface area contributed by atoms with E-state index in [4.69, 9.17) is 5.73 Å². The molecule has 2 N–H and O–H groups in total. The van der Waals surface area contributed by atoms with Crippen LogP contribution in [0, 0.1) is 13.8 Å². The zero-order valence-electron chi connectivity index (χ0n) is 12.8. The molecule has 0 atom stereocenters. The molecule has 0 heterocycles. The Morgan fingerprint density at radius 2 is 1.86 bits per heavy atom. The predicted molar refractivity (Wildman–Crippen MR) is 86.7 cm³/mol. The van der Waals surface area contributed by atoms with E-state index in [0.717, 1.165) is 36.8 Å². The Morgan fingerprint density at radius 3 is 2.43 bits per heavy atom. The number of sulfonamides is 1. The SMILES string of the molecule is C=CCN(C1CCCC1)S(=O)(=O)c1cc(C)c(C)cc1N. The fourth-order valence-corrected chi connectivity index (χ4v) is 4.76. The molecular weight excluding hydrogens is 284 g/mol. The summed E-state index contributed by atoms with van der Waals surface area (Å²) in [4.78, 5) is 0.222. The second-order valence-corrected chi connectivity index (χ2v) is 7.63. The Bertz CT molecular complexity index is 632. The lowest BCUT2D eigenvalue weighted by molar-refractivity contribution is 0.348. The van der Waals surface area contributed by atoms with Crippen LogP contribution < -0.4 is 5.73 Å². The summed E-state index contributed by atoms with van der Waals surface area (Å²) in [5.74, 6) is 0. The molecule has 1 saturated carbocycles. The molecule has 5 heteroatoms. The predicted octanol–water partition coefficient (Wildman–Crippen LogP) is 3.00. The number of rotatable bonds is 5. The number of benzene rings is 1. The van der Waals surface area contributed by atoms with Gasteiger partial charge in [0, 0.05) is 12.6 Å². The van der Waals surface area contributed by atoms with Crippen molar-refractivity contribution in [3.8, 4) is 0 Å². The molecule has 0 saturated heterocycles. The molecule has 1 aromatic carbocycles. The van der Waals surface area contributed by atoms with Gasteiger partial charge in [-0.25, -0.2) is 8.42 Å². The molecule has 1 aromatic rings. The third-order valence-corrected chi connectivity index (χ3v) is 6.23. The van der Waals surface area contributed by atoms with Crippen LogP contribution in [0.2, 0.25) is 0 Å². The summed E-state index contributed by atoms with van der Waals surface area (Å²) in [7, 11) is -3.58. The molecule has 116 valence electrons. The van der Waals surface area contributed by atoms with Gasteiger partial charge in [-0.15, -0.1) is 6.58 Å². The fourth-order valence-electron chi connectivity index (χ4n) is 2.92. The minimum Gasteiger partial charge on any atom is -0.398 e. The van der Waals surface area contributed by atoms with Crippen molar-refractivity contribution in [1.29, 1.82) is 0 Å². The molecule has 1 aliphatic carbocycles. The molecular formula is C16H24N2O2S. The van der Waals surface area contributed by atoms with E-state index in [1.807, 2.05) is 13.8 Å². The topological polar surface area (TPSA) is 63.4 Å². The summed E-state index contributed by atoms with van der Waals surface area (Å²) in [5.41, 5.74) is 8.24. The smallest absolute Gasteiger partial charge is 0.245 e. The van der Waals surface area contributed by atoms with Crippen molar-refractivity contribution in [2.75, 3.05) is 12.3 Å². The Balaban J connectivity index is 2.47. The summed E-state index contributed by atoms with van der Waals surface area (Å²) < 4.78 is 27.5. The lowest BCUT2D eigenvalue weighted by Gasteiger charge is -2.27. The van der Waals surface area contributed by atoms with E-state index in [0.29, 0.717) is 12.2 Å². The first-order chi connectivity index (χ1) is 9.87. The van der Waals surface area contributed by atoms with Gasteiger partial charge in [0.15, 0.2) is 0 Å². The number of nitrogens with two attached hydrogens (primary N) is 1. The molecule has 0 aromatic heterocycles. The molecule has 4 nitrogen and oxygen atoms in total.